The molecule has 0 unspecified atom stereocenters. The van der Waals surface area contributed by atoms with E-state index in [1.54, 1.807) is 16.9 Å². The second-order valence-electron chi connectivity index (χ2n) is 5.98. The van der Waals surface area contributed by atoms with Crippen molar-refractivity contribution in [2.75, 3.05) is 14.1 Å². The molecule has 3 aromatic rings. The van der Waals surface area contributed by atoms with Crippen LogP contribution in [0.25, 0.3) is 11.4 Å². The Hall–Kier alpha value is -2.60. The Morgan fingerprint density at radius 3 is 2.78 bits per heavy atom. The number of imidazole rings is 1. The number of aromatic nitrogens is 4. The topological polar surface area (TPSA) is 59.1 Å². The summed E-state index contributed by atoms with van der Waals surface area (Å²) in [5.74, 6) is 1.20. The summed E-state index contributed by atoms with van der Waals surface area (Å²) in [6.07, 6.45) is 7.61. The lowest BCUT2D eigenvalue weighted by molar-refractivity contribution is 0.386. The van der Waals surface area contributed by atoms with Crippen molar-refractivity contribution >= 4 is 0 Å². The zero-order valence-electron chi connectivity index (χ0n) is 13.6. The first-order chi connectivity index (χ1) is 11.0. The van der Waals surface area contributed by atoms with Crippen molar-refractivity contribution in [2.24, 2.45) is 7.05 Å². The van der Waals surface area contributed by atoms with Crippen LogP contribution in [-0.4, -0.2) is 43.4 Å². The van der Waals surface area contributed by atoms with Gasteiger partial charge in [-0.3, -0.25) is 4.68 Å². The summed E-state index contributed by atoms with van der Waals surface area (Å²) >= 11 is 0. The van der Waals surface area contributed by atoms with E-state index in [-0.39, 0.29) is 0 Å². The van der Waals surface area contributed by atoms with Gasteiger partial charge in [0, 0.05) is 48.9 Å². The highest BCUT2D eigenvalue weighted by Crippen LogP contribution is 2.26. The van der Waals surface area contributed by atoms with E-state index in [4.69, 9.17) is 0 Å². The summed E-state index contributed by atoms with van der Waals surface area (Å²) in [6, 6.07) is 5.63. The van der Waals surface area contributed by atoms with Crippen LogP contribution < -0.4 is 0 Å². The molecule has 120 valence electrons. The van der Waals surface area contributed by atoms with Crippen LogP contribution in [0.1, 0.15) is 11.1 Å². The molecular weight excluding hydrogens is 290 g/mol. The van der Waals surface area contributed by atoms with Gasteiger partial charge < -0.3 is 14.6 Å². The fraction of sp³-hybridized carbons (Fsp3) is 0.294. The molecule has 2 heterocycles. The largest absolute Gasteiger partial charge is 0.508 e. The van der Waals surface area contributed by atoms with E-state index in [1.807, 2.05) is 56.8 Å². The van der Waals surface area contributed by atoms with Crippen LogP contribution in [0, 0.1) is 0 Å². The van der Waals surface area contributed by atoms with Crippen LogP contribution in [-0.2, 0) is 20.1 Å². The van der Waals surface area contributed by atoms with E-state index in [1.165, 1.54) is 0 Å². The number of aryl methyl sites for hydroxylation is 1. The molecule has 1 N–H and O–H groups in total. The molecule has 0 spiro atoms. The van der Waals surface area contributed by atoms with Crippen molar-refractivity contribution in [3.8, 4) is 17.1 Å². The highest BCUT2D eigenvalue weighted by atomic mass is 16.3. The minimum atomic E-state index is 0.313. The fourth-order valence-electron chi connectivity index (χ4n) is 2.64. The first kappa shape index (κ1) is 15.3. The standard InChI is InChI=1S/C17H21N5O/c1-20(2)12-15-8-14(4-5-16(15)23)17-18-6-7-22(17)11-13-9-19-21(3)10-13/h4-10,23H,11-12H2,1-3H3. The molecule has 0 saturated carbocycles. The molecule has 0 saturated heterocycles. The van der Waals surface area contributed by atoms with Gasteiger partial charge in [-0.05, 0) is 32.3 Å². The number of hydrogen-bond acceptors (Lipinski definition) is 4. The third-order valence-corrected chi connectivity index (χ3v) is 3.65. The predicted molar refractivity (Wildman–Crippen MR) is 89.0 cm³/mol. The lowest BCUT2D eigenvalue weighted by Crippen LogP contribution is -2.11. The maximum atomic E-state index is 10.0. The first-order valence-electron chi connectivity index (χ1n) is 7.48. The third kappa shape index (κ3) is 3.43. The van der Waals surface area contributed by atoms with Crippen LogP contribution in [0.5, 0.6) is 5.75 Å². The Kier molecular flexibility index (Phi) is 4.16. The molecule has 6 nitrogen and oxygen atoms in total. The molecule has 23 heavy (non-hydrogen) atoms. The number of phenolic OH excluding ortho intramolecular Hbond substituents is 1. The van der Waals surface area contributed by atoms with Crippen molar-refractivity contribution in [2.45, 2.75) is 13.1 Å². The third-order valence-electron chi connectivity index (χ3n) is 3.65. The molecule has 2 aromatic heterocycles. The maximum absolute atomic E-state index is 10.0. The molecular formula is C17H21N5O. The van der Waals surface area contributed by atoms with Crippen molar-refractivity contribution < 1.29 is 5.11 Å². The zero-order chi connectivity index (χ0) is 16.4. The Morgan fingerprint density at radius 1 is 1.26 bits per heavy atom. The second kappa shape index (κ2) is 6.26. The Bertz CT molecular complexity index is 803. The van der Waals surface area contributed by atoms with E-state index in [0.717, 1.165) is 22.5 Å². The Morgan fingerprint density at radius 2 is 2.09 bits per heavy atom. The Labute approximate surface area is 135 Å². The molecule has 0 radical (unpaired) electrons. The summed E-state index contributed by atoms with van der Waals surface area (Å²) in [7, 11) is 5.87. The minimum Gasteiger partial charge on any atom is -0.508 e. The van der Waals surface area contributed by atoms with Gasteiger partial charge in [-0.15, -0.1) is 0 Å². The van der Waals surface area contributed by atoms with E-state index in [9.17, 15) is 5.11 Å². The summed E-state index contributed by atoms with van der Waals surface area (Å²) in [5.41, 5.74) is 3.01. The Balaban J connectivity index is 1.92. The maximum Gasteiger partial charge on any atom is 0.140 e. The normalized spacial score (nSPS) is 11.3. The molecule has 3 rings (SSSR count). The lowest BCUT2D eigenvalue weighted by atomic mass is 10.1. The van der Waals surface area contributed by atoms with Crippen LogP contribution in [0.2, 0.25) is 0 Å². The van der Waals surface area contributed by atoms with Crippen molar-refractivity contribution in [1.29, 1.82) is 0 Å². The van der Waals surface area contributed by atoms with E-state index in [0.29, 0.717) is 18.8 Å². The van der Waals surface area contributed by atoms with Crippen molar-refractivity contribution in [3.63, 3.8) is 0 Å². The van der Waals surface area contributed by atoms with Crippen LogP contribution in [0.4, 0.5) is 0 Å². The number of benzene rings is 1. The van der Waals surface area contributed by atoms with Gasteiger partial charge in [0.15, 0.2) is 0 Å². The van der Waals surface area contributed by atoms with Crippen molar-refractivity contribution in [3.05, 3.63) is 54.1 Å². The van der Waals surface area contributed by atoms with Gasteiger partial charge in [-0.1, -0.05) is 0 Å². The molecule has 0 aliphatic carbocycles. The van der Waals surface area contributed by atoms with Crippen molar-refractivity contribution in [1.82, 2.24) is 24.2 Å². The van der Waals surface area contributed by atoms with Gasteiger partial charge in [0.2, 0.25) is 0 Å². The zero-order valence-corrected chi connectivity index (χ0v) is 13.6. The van der Waals surface area contributed by atoms with E-state index >= 15 is 0 Å². The van der Waals surface area contributed by atoms with Gasteiger partial charge in [0.1, 0.15) is 11.6 Å². The van der Waals surface area contributed by atoms with Gasteiger partial charge in [0.05, 0.1) is 12.7 Å². The van der Waals surface area contributed by atoms with Gasteiger partial charge in [-0.25, -0.2) is 4.98 Å². The molecule has 0 fully saturated rings. The molecule has 0 amide bonds. The first-order valence-corrected chi connectivity index (χ1v) is 7.48. The summed E-state index contributed by atoms with van der Waals surface area (Å²) < 4.78 is 3.88. The quantitative estimate of drug-likeness (QED) is 0.784. The van der Waals surface area contributed by atoms with Gasteiger partial charge >= 0.3 is 0 Å². The molecule has 6 heteroatoms. The molecule has 0 bridgehead atoms. The van der Waals surface area contributed by atoms with Crippen LogP contribution in [0.3, 0.4) is 0 Å². The summed E-state index contributed by atoms with van der Waals surface area (Å²) in [6.45, 7) is 1.40. The monoisotopic (exact) mass is 311 g/mol. The molecule has 0 aliphatic rings. The number of aromatic hydroxyl groups is 1. The van der Waals surface area contributed by atoms with Crippen LogP contribution >= 0.6 is 0 Å². The summed E-state index contributed by atoms with van der Waals surface area (Å²) in [5, 5.41) is 14.2. The second-order valence-corrected chi connectivity index (χ2v) is 5.98. The molecule has 0 atom stereocenters. The smallest absolute Gasteiger partial charge is 0.140 e. The highest BCUT2D eigenvalue weighted by molar-refractivity contribution is 5.59. The van der Waals surface area contributed by atoms with E-state index in [2.05, 4.69) is 14.6 Å². The average molecular weight is 311 g/mol. The number of rotatable bonds is 5. The number of hydrogen-bond donors (Lipinski definition) is 1. The van der Waals surface area contributed by atoms with Crippen LogP contribution in [0.15, 0.2) is 43.0 Å². The molecule has 0 aliphatic heterocycles. The van der Waals surface area contributed by atoms with Gasteiger partial charge in [0.25, 0.3) is 0 Å². The minimum absolute atomic E-state index is 0.313. The predicted octanol–water partition coefficient (Wildman–Crippen LogP) is 2.10. The van der Waals surface area contributed by atoms with E-state index < -0.39 is 0 Å². The molecule has 1 aromatic carbocycles. The lowest BCUT2D eigenvalue weighted by Gasteiger charge is -2.13. The number of phenols is 1. The SMILES string of the molecule is CN(C)Cc1cc(-c2nccn2Cc2cnn(C)c2)ccc1O. The average Bonchev–Trinajstić information content (AvgIpc) is 3.11. The van der Waals surface area contributed by atoms with Gasteiger partial charge in [-0.2, -0.15) is 5.10 Å². The highest BCUT2D eigenvalue weighted by Gasteiger charge is 2.11. The fourth-order valence-corrected chi connectivity index (χ4v) is 2.64. The number of nitrogens with zero attached hydrogens (tertiary/aromatic N) is 5. The summed E-state index contributed by atoms with van der Waals surface area (Å²) in [4.78, 5) is 6.51.